The van der Waals surface area contributed by atoms with E-state index in [1.807, 2.05) is 54.6 Å². The summed E-state index contributed by atoms with van der Waals surface area (Å²) in [6, 6.07) is 20.9. The number of ether oxygens (including phenoxy) is 1. The van der Waals surface area contributed by atoms with Crippen LogP contribution in [0.5, 0.6) is 5.75 Å². The van der Waals surface area contributed by atoms with E-state index >= 15 is 0 Å². The monoisotopic (exact) mass is 488 g/mol. The number of carboxylic acids is 1. The van der Waals surface area contributed by atoms with Crippen molar-refractivity contribution in [2.45, 2.75) is 29.1 Å². The Hall–Kier alpha value is -3.01. The van der Waals surface area contributed by atoms with Crippen molar-refractivity contribution in [2.75, 3.05) is 13.1 Å². The first-order valence-corrected chi connectivity index (χ1v) is 11.3. The summed E-state index contributed by atoms with van der Waals surface area (Å²) in [4.78, 5) is 12.0. The normalized spacial score (nSPS) is 16.5. The van der Waals surface area contributed by atoms with Crippen molar-refractivity contribution in [3.05, 3.63) is 95.6 Å². The number of nitrogens with zero attached hydrogens (tertiary/aromatic N) is 1. The lowest BCUT2D eigenvalue weighted by molar-refractivity contribution is -0.139. The summed E-state index contributed by atoms with van der Waals surface area (Å²) < 4.78 is 47.8. The highest BCUT2D eigenvalue weighted by molar-refractivity contribution is 7.97. The van der Waals surface area contributed by atoms with Gasteiger partial charge in [-0.2, -0.15) is 13.2 Å². The second kappa shape index (κ2) is 9.69. The van der Waals surface area contributed by atoms with Crippen LogP contribution >= 0.6 is 11.9 Å². The predicted molar refractivity (Wildman–Crippen MR) is 123 cm³/mol. The van der Waals surface area contributed by atoms with E-state index in [2.05, 4.69) is 4.31 Å². The number of nitrogens with two attached hydrogens (primary N) is 1. The van der Waals surface area contributed by atoms with Gasteiger partial charge in [0.1, 0.15) is 11.8 Å². The fraction of sp³-hybridized carbons (Fsp3) is 0.240. The molecule has 9 heteroatoms. The predicted octanol–water partition coefficient (Wildman–Crippen LogP) is 4.96. The highest BCUT2D eigenvalue weighted by atomic mass is 32.2. The number of carbonyl (C=O) groups is 1. The number of hydrogen-bond donors (Lipinski definition) is 2. The molecule has 1 fully saturated rings. The molecule has 0 aliphatic carbocycles. The SMILES string of the molecule is NC(Cc1cccc(SN2CC(Oc3cccc(C(F)(F)F)c3)(c3ccccc3)C2)c1)C(=O)O. The molecule has 0 aromatic heterocycles. The number of alkyl halides is 3. The third-order valence-electron chi connectivity index (χ3n) is 5.54. The summed E-state index contributed by atoms with van der Waals surface area (Å²) in [5, 5.41) is 9.04. The summed E-state index contributed by atoms with van der Waals surface area (Å²) in [5.41, 5.74) is 5.79. The van der Waals surface area contributed by atoms with Crippen LogP contribution in [0.2, 0.25) is 0 Å². The standard InChI is InChI=1S/C25H23F3N2O3S/c26-25(27,28)19-9-5-10-20(14-19)33-24(18-7-2-1-3-8-18)15-30(16-24)34-21-11-4-6-17(12-21)13-22(29)23(31)32/h1-12,14,22H,13,15-16,29H2,(H,31,32). The quantitative estimate of drug-likeness (QED) is 0.437. The molecule has 0 spiro atoms. The van der Waals surface area contributed by atoms with Gasteiger partial charge in [0, 0.05) is 4.90 Å². The third kappa shape index (κ3) is 5.55. The van der Waals surface area contributed by atoms with Gasteiger partial charge in [-0.05, 0) is 59.8 Å². The third-order valence-corrected chi connectivity index (χ3v) is 6.52. The maximum atomic E-state index is 13.2. The molecule has 34 heavy (non-hydrogen) atoms. The van der Waals surface area contributed by atoms with E-state index in [1.54, 1.807) is 0 Å². The molecule has 0 radical (unpaired) electrons. The molecule has 0 amide bonds. The average Bonchev–Trinajstić information content (AvgIpc) is 2.78. The molecule has 3 aromatic carbocycles. The molecule has 1 unspecified atom stereocenters. The first kappa shape index (κ1) is 24.1. The van der Waals surface area contributed by atoms with Gasteiger partial charge in [0.05, 0.1) is 18.7 Å². The van der Waals surface area contributed by atoms with Gasteiger partial charge in [-0.25, -0.2) is 4.31 Å². The molecule has 3 aromatic rings. The van der Waals surface area contributed by atoms with E-state index in [1.165, 1.54) is 24.1 Å². The fourth-order valence-corrected chi connectivity index (χ4v) is 5.00. The topological polar surface area (TPSA) is 75.8 Å². The van der Waals surface area contributed by atoms with Crippen LogP contribution in [-0.4, -0.2) is 34.5 Å². The Morgan fingerprint density at radius 1 is 1.06 bits per heavy atom. The van der Waals surface area contributed by atoms with Crippen molar-refractivity contribution in [1.82, 2.24) is 4.31 Å². The van der Waals surface area contributed by atoms with Gasteiger partial charge in [0.15, 0.2) is 5.60 Å². The van der Waals surface area contributed by atoms with Crippen molar-refractivity contribution in [3.8, 4) is 5.75 Å². The Labute approximate surface area is 199 Å². The molecule has 4 rings (SSSR count). The molecule has 0 saturated carbocycles. The van der Waals surface area contributed by atoms with Crippen molar-refractivity contribution in [2.24, 2.45) is 5.73 Å². The Balaban J connectivity index is 1.50. The van der Waals surface area contributed by atoms with Crippen LogP contribution in [0.25, 0.3) is 0 Å². The molecule has 1 saturated heterocycles. The lowest BCUT2D eigenvalue weighted by Gasteiger charge is -2.49. The van der Waals surface area contributed by atoms with Gasteiger partial charge in [-0.3, -0.25) is 4.79 Å². The smallest absolute Gasteiger partial charge is 0.416 e. The molecule has 3 N–H and O–H groups in total. The van der Waals surface area contributed by atoms with Crippen LogP contribution in [0.3, 0.4) is 0 Å². The van der Waals surface area contributed by atoms with Crippen LogP contribution in [0.1, 0.15) is 16.7 Å². The first-order valence-electron chi connectivity index (χ1n) is 10.6. The number of benzene rings is 3. The largest absolute Gasteiger partial charge is 0.480 e. The minimum atomic E-state index is -4.45. The highest BCUT2D eigenvalue weighted by Gasteiger charge is 2.47. The molecule has 5 nitrogen and oxygen atoms in total. The van der Waals surface area contributed by atoms with E-state index in [0.29, 0.717) is 13.1 Å². The Morgan fingerprint density at radius 3 is 2.44 bits per heavy atom. The summed E-state index contributed by atoms with van der Waals surface area (Å²) in [6.07, 6.45) is -4.23. The highest BCUT2D eigenvalue weighted by Crippen LogP contribution is 2.43. The molecule has 178 valence electrons. The summed E-state index contributed by atoms with van der Waals surface area (Å²) in [7, 11) is 0. The van der Waals surface area contributed by atoms with Crippen molar-refractivity contribution in [3.63, 3.8) is 0 Å². The maximum absolute atomic E-state index is 13.2. The second-order valence-corrected chi connectivity index (χ2v) is 9.34. The Kier molecular flexibility index (Phi) is 6.88. The number of rotatable bonds is 8. The van der Waals surface area contributed by atoms with Crippen molar-refractivity contribution >= 4 is 17.9 Å². The van der Waals surface area contributed by atoms with E-state index in [-0.39, 0.29) is 12.2 Å². The Morgan fingerprint density at radius 2 is 1.76 bits per heavy atom. The zero-order valence-corrected chi connectivity index (χ0v) is 18.9. The van der Waals surface area contributed by atoms with Gasteiger partial charge in [0.25, 0.3) is 0 Å². The molecule has 1 heterocycles. The lowest BCUT2D eigenvalue weighted by Crippen LogP contribution is -2.59. The number of aliphatic carboxylic acids is 1. The van der Waals surface area contributed by atoms with Crippen molar-refractivity contribution in [1.29, 1.82) is 0 Å². The minimum absolute atomic E-state index is 0.160. The zero-order valence-electron chi connectivity index (χ0n) is 18.0. The van der Waals surface area contributed by atoms with Crippen LogP contribution in [0.4, 0.5) is 13.2 Å². The van der Waals surface area contributed by atoms with E-state index in [4.69, 9.17) is 15.6 Å². The summed E-state index contributed by atoms with van der Waals surface area (Å²) in [6.45, 7) is 0.910. The molecular weight excluding hydrogens is 465 g/mol. The molecule has 0 bridgehead atoms. The van der Waals surface area contributed by atoms with Gasteiger partial charge < -0.3 is 15.6 Å². The van der Waals surface area contributed by atoms with Crippen LogP contribution in [0.15, 0.2) is 83.8 Å². The fourth-order valence-electron chi connectivity index (χ4n) is 3.82. The van der Waals surface area contributed by atoms with Gasteiger partial charge >= 0.3 is 12.1 Å². The number of hydrogen-bond acceptors (Lipinski definition) is 5. The van der Waals surface area contributed by atoms with E-state index < -0.39 is 29.4 Å². The van der Waals surface area contributed by atoms with Gasteiger partial charge in [0.2, 0.25) is 0 Å². The van der Waals surface area contributed by atoms with Gasteiger partial charge in [-0.15, -0.1) is 0 Å². The summed E-state index contributed by atoms with van der Waals surface area (Å²) in [5.74, 6) is -0.895. The maximum Gasteiger partial charge on any atom is 0.416 e. The molecule has 1 aliphatic rings. The first-order chi connectivity index (χ1) is 16.1. The zero-order chi connectivity index (χ0) is 24.3. The van der Waals surface area contributed by atoms with Crippen LogP contribution in [-0.2, 0) is 23.0 Å². The van der Waals surface area contributed by atoms with Gasteiger partial charge in [-0.1, -0.05) is 48.5 Å². The lowest BCUT2D eigenvalue weighted by atomic mass is 9.87. The molecular formula is C25H23F3N2O3S. The average molecular weight is 489 g/mol. The molecule has 1 aliphatic heterocycles. The van der Waals surface area contributed by atoms with Crippen molar-refractivity contribution < 1.29 is 27.8 Å². The Bertz CT molecular complexity index is 1150. The second-order valence-electron chi connectivity index (χ2n) is 8.17. The van der Waals surface area contributed by atoms with E-state index in [0.717, 1.165) is 28.2 Å². The van der Waals surface area contributed by atoms with Crippen LogP contribution < -0.4 is 10.5 Å². The number of halogens is 3. The van der Waals surface area contributed by atoms with Crippen LogP contribution in [0, 0.1) is 0 Å². The summed E-state index contributed by atoms with van der Waals surface area (Å²) >= 11 is 1.48. The number of carboxylic acid groups (broad SMARTS) is 1. The van der Waals surface area contributed by atoms with E-state index in [9.17, 15) is 18.0 Å². The minimum Gasteiger partial charge on any atom is -0.480 e. The molecule has 1 atom stereocenters.